The monoisotopic (exact) mass is 425 g/mol. The van der Waals surface area contributed by atoms with Gasteiger partial charge in [-0.3, -0.25) is 14.2 Å². The third kappa shape index (κ3) is 4.57. The lowest BCUT2D eigenvalue weighted by atomic mass is 10.1. The van der Waals surface area contributed by atoms with E-state index in [0.717, 1.165) is 17.7 Å². The van der Waals surface area contributed by atoms with E-state index in [1.54, 1.807) is 15.5 Å². The van der Waals surface area contributed by atoms with E-state index in [9.17, 15) is 9.59 Å². The second-order valence-electron chi connectivity index (χ2n) is 8.04. The number of aromatic nitrogens is 2. The van der Waals surface area contributed by atoms with Crippen LogP contribution in [0.3, 0.4) is 0 Å². The molecule has 0 N–H and O–H groups in total. The minimum absolute atomic E-state index is 0.106. The molecule has 6 heteroatoms. The lowest BCUT2D eigenvalue weighted by Crippen LogP contribution is -2.39. The van der Waals surface area contributed by atoms with E-state index in [4.69, 9.17) is 16.6 Å². The predicted molar refractivity (Wildman–Crippen MR) is 122 cm³/mol. The number of aryl methyl sites for hydroxylation is 1. The highest BCUT2D eigenvalue weighted by Gasteiger charge is 2.26. The van der Waals surface area contributed by atoms with E-state index < -0.39 is 6.04 Å². The number of rotatable bonds is 7. The Hall–Kier alpha value is -2.66. The van der Waals surface area contributed by atoms with Crippen LogP contribution in [0.2, 0.25) is 0 Å². The highest BCUT2D eigenvalue weighted by atomic mass is 35.5. The highest BCUT2D eigenvalue weighted by molar-refractivity contribution is 6.27. The van der Waals surface area contributed by atoms with Crippen LogP contribution in [-0.4, -0.2) is 32.8 Å². The van der Waals surface area contributed by atoms with E-state index >= 15 is 0 Å². The molecule has 0 saturated carbocycles. The summed E-state index contributed by atoms with van der Waals surface area (Å²) in [5.74, 6) is 0.698. The number of nitrogens with zero attached hydrogens (tertiary/aromatic N) is 3. The van der Waals surface area contributed by atoms with Gasteiger partial charge in [-0.25, -0.2) is 4.98 Å². The summed E-state index contributed by atoms with van der Waals surface area (Å²) in [5, 5.41) is 0.548. The van der Waals surface area contributed by atoms with Gasteiger partial charge in [0.25, 0.3) is 5.56 Å². The van der Waals surface area contributed by atoms with Gasteiger partial charge < -0.3 is 4.90 Å². The second kappa shape index (κ2) is 9.43. The SMILES string of the molecule is Cc1ccc(-n2c(C(C)N(CCC(C)C)C(=O)CCl)nc3ccccc3c2=O)cc1. The Balaban J connectivity index is 2.21. The molecular formula is C24H28ClN3O2. The number of carbonyl (C=O) groups excluding carboxylic acids is 1. The number of benzene rings is 2. The van der Waals surface area contributed by atoms with Crippen molar-refractivity contribution in [2.24, 2.45) is 5.92 Å². The van der Waals surface area contributed by atoms with Crippen molar-refractivity contribution in [2.75, 3.05) is 12.4 Å². The van der Waals surface area contributed by atoms with Crippen LogP contribution in [0.5, 0.6) is 0 Å². The number of halogens is 1. The maximum absolute atomic E-state index is 13.5. The van der Waals surface area contributed by atoms with E-state index in [-0.39, 0.29) is 17.3 Å². The van der Waals surface area contributed by atoms with Crippen LogP contribution in [0.1, 0.15) is 44.6 Å². The first-order valence-electron chi connectivity index (χ1n) is 10.3. The molecule has 0 fully saturated rings. The van der Waals surface area contributed by atoms with Crippen molar-refractivity contribution >= 4 is 28.4 Å². The van der Waals surface area contributed by atoms with Crippen LogP contribution in [0.25, 0.3) is 16.6 Å². The molecule has 0 spiro atoms. The zero-order valence-electron chi connectivity index (χ0n) is 17.9. The van der Waals surface area contributed by atoms with Crippen LogP contribution < -0.4 is 5.56 Å². The summed E-state index contributed by atoms with van der Waals surface area (Å²) >= 11 is 5.91. The van der Waals surface area contributed by atoms with Crippen molar-refractivity contribution in [2.45, 2.75) is 40.2 Å². The number of carbonyl (C=O) groups is 1. The maximum atomic E-state index is 13.5. The first-order valence-corrected chi connectivity index (χ1v) is 10.8. The molecule has 30 heavy (non-hydrogen) atoms. The molecule has 0 aliphatic heterocycles. The molecule has 0 aliphatic carbocycles. The van der Waals surface area contributed by atoms with Gasteiger partial charge in [-0.1, -0.05) is 43.7 Å². The Kier molecular flexibility index (Phi) is 6.93. The number of alkyl halides is 1. The average Bonchev–Trinajstić information content (AvgIpc) is 2.74. The van der Waals surface area contributed by atoms with E-state index in [2.05, 4.69) is 13.8 Å². The Bertz CT molecular complexity index is 1090. The molecule has 1 unspecified atom stereocenters. The fourth-order valence-electron chi connectivity index (χ4n) is 3.52. The van der Waals surface area contributed by atoms with Crippen LogP contribution in [0.15, 0.2) is 53.3 Å². The second-order valence-corrected chi connectivity index (χ2v) is 8.31. The van der Waals surface area contributed by atoms with Crippen LogP contribution in [0, 0.1) is 12.8 Å². The fourth-order valence-corrected chi connectivity index (χ4v) is 3.67. The molecule has 1 heterocycles. The zero-order chi connectivity index (χ0) is 21.8. The lowest BCUT2D eigenvalue weighted by Gasteiger charge is -2.30. The van der Waals surface area contributed by atoms with Gasteiger partial charge in [0.1, 0.15) is 11.7 Å². The van der Waals surface area contributed by atoms with Crippen molar-refractivity contribution in [1.29, 1.82) is 0 Å². The van der Waals surface area contributed by atoms with Gasteiger partial charge in [0, 0.05) is 6.54 Å². The molecule has 1 amide bonds. The summed E-state index contributed by atoms with van der Waals surface area (Å²) in [7, 11) is 0. The van der Waals surface area contributed by atoms with E-state index in [0.29, 0.717) is 29.2 Å². The molecule has 2 aromatic carbocycles. The molecular weight excluding hydrogens is 398 g/mol. The fraction of sp³-hybridized carbons (Fsp3) is 0.375. The Morgan fingerprint density at radius 2 is 1.77 bits per heavy atom. The van der Waals surface area contributed by atoms with Crippen LogP contribution in [-0.2, 0) is 4.79 Å². The summed E-state index contributed by atoms with van der Waals surface area (Å²) in [5.41, 5.74) is 2.31. The summed E-state index contributed by atoms with van der Waals surface area (Å²) in [6.07, 6.45) is 0.843. The first-order chi connectivity index (χ1) is 14.3. The summed E-state index contributed by atoms with van der Waals surface area (Å²) in [6, 6.07) is 14.6. The molecule has 3 rings (SSSR count). The van der Waals surface area contributed by atoms with Crippen molar-refractivity contribution in [3.05, 3.63) is 70.3 Å². The Labute approximate surface area is 182 Å². The third-order valence-electron chi connectivity index (χ3n) is 5.32. The molecule has 0 saturated heterocycles. The summed E-state index contributed by atoms with van der Waals surface area (Å²) in [4.78, 5) is 32.7. The lowest BCUT2D eigenvalue weighted by molar-refractivity contribution is -0.131. The van der Waals surface area contributed by atoms with Gasteiger partial charge >= 0.3 is 0 Å². The molecule has 3 aromatic rings. The normalized spacial score (nSPS) is 12.3. The third-order valence-corrected chi connectivity index (χ3v) is 5.55. The number of para-hydroxylation sites is 1. The zero-order valence-corrected chi connectivity index (χ0v) is 18.7. The Morgan fingerprint density at radius 3 is 2.40 bits per heavy atom. The first kappa shape index (κ1) is 22.0. The molecule has 1 aromatic heterocycles. The van der Waals surface area contributed by atoms with Crippen molar-refractivity contribution < 1.29 is 4.79 Å². The molecule has 0 aliphatic rings. The molecule has 5 nitrogen and oxygen atoms in total. The quantitative estimate of drug-likeness (QED) is 0.507. The smallest absolute Gasteiger partial charge is 0.266 e. The molecule has 1 atom stereocenters. The maximum Gasteiger partial charge on any atom is 0.266 e. The van der Waals surface area contributed by atoms with Crippen LogP contribution >= 0.6 is 11.6 Å². The average molecular weight is 426 g/mol. The van der Waals surface area contributed by atoms with Gasteiger partial charge in [-0.2, -0.15) is 0 Å². The summed E-state index contributed by atoms with van der Waals surface area (Å²) < 4.78 is 1.62. The summed E-state index contributed by atoms with van der Waals surface area (Å²) in [6.45, 7) is 8.70. The largest absolute Gasteiger partial charge is 0.332 e. The number of fused-ring (bicyclic) bond motifs is 1. The molecule has 0 bridgehead atoms. The highest BCUT2D eigenvalue weighted by Crippen LogP contribution is 2.24. The predicted octanol–water partition coefficient (Wildman–Crippen LogP) is 4.87. The number of hydrogen-bond donors (Lipinski definition) is 0. The van der Waals surface area contributed by atoms with Crippen LogP contribution in [0.4, 0.5) is 0 Å². The van der Waals surface area contributed by atoms with Gasteiger partial charge in [0.05, 0.1) is 22.6 Å². The standard InChI is InChI=1S/C24H28ClN3O2/c1-16(2)13-14-27(22(29)15-25)18(4)23-26-21-8-6-5-7-20(21)24(30)28(23)19-11-9-17(3)10-12-19/h5-12,16,18H,13-15H2,1-4H3. The van der Waals surface area contributed by atoms with Gasteiger partial charge in [-0.05, 0) is 50.5 Å². The Morgan fingerprint density at radius 1 is 1.10 bits per heavy atom. The van der Waals surface area contributed by atoms with Crippen molar-refractivity contribution in [3.63, 3.8) is 0 Å². The number of amides is 1. The van der Waals surface area contributed by atoms with Crippen molar-refractivity contribution in [1.82, 2.24) is 14.5 Å². The topological polar surface area (TPSA) is 55.2 Å². The minimum Gasteiger partial charge on any atom is -0.332 e. The van der Waals surface area contributed by atoms with E-state index in [1.165, 1.54) is 0 Å². The van der Waals surface area contributed by atoms with E-state index in [1.807, 2.05) is 56.3 Å². The minimum atomic E-state index is -0.409. The van der Waals surface area contributed by atoms with Crippen molar-refractivity contribution in [3.8, 4) is 5.69 Å². The number of hydrogen-bond acceptors (Lipinski definition) is 3. The molecule has 158 valence electrons. The van der Waals surface area contributed by atoms with Gasteiger partial charge in [-0.15, -0.1) is 11.6 Å². The molecule has 0 radical (unpaired) electrons. The van der Waals surface area contributed by atoms with Gasteiger partial charge in [0.15, 0.2) is 0 Å². The van der Waals surface area contributed by atoms with Gasteiger partial charge in [0.2, 0.25) is 5.91 Å².